The van der Waals surface area contributed by atoms with Gasteiger partial charge < -0.3 is 15.4 Å². The van der Waals surface area contributed by atoms with E-state index < -0.39 is 0 Å². The van der Waals surface area contributed by atoms with Gasteiger partial charge in [-0.1, -0.05) is 0 Å². The second kappa shape index (κ2) is 5.48. The highest BCUT2D eigenvalue weighted by Crippen LogP contribution is 2.15. The number of carbonyl (C=O) groups excluding carboxylic acids is 2. The summed E-state index contributed by atoms with van der Waals surface area (Å²) in [5, 5.41) is 5.35. The second-order valence-electron chi connectivity index (χ2n) is 4.01. The van der Waals surface area contributed by atoms with E-state index in [1.807, 2.05) is 6.92 Å². The molecule has 1 aromatic heterocycles. The fourth-order valence-corrected chi connectivity index (χ4v) is 1.72. The zero-order valence-corrected chi connectivity index (χ0v) is 10.1. The number of amides is 2. The molecule has 1 unspecified atom stereocenters. The smallest absolute Gasteiger partial charge is 0.229 e. The van der Waals surface area contributed by atoms with E-state index in [0.717, 1.165) is 0 Å². The first-order valence-corrected chi connectivity index (χ1v) is 5.85. The second-order valence-corrected chi connectivity index (χ2v) is 4.01. The van der Waals surface area contributed by atoms with Crippen LogP contribution in [0.5, 0.6) is 5.88 Å². The molecule has 1 aromatic rings. The summed E-state index contributed by atoms with van der Waals surface area (Å²) in [4.78, 5) is 26.9. The standard InChI is InChI=1S/C12H15N3O3/c1-2-18-11-4-3-9(7-14-11)15-12(17)8-5-10(16)13-6-8/h3-4,7-8H,2,5-6H2,1H3,(H,13,16)(H,15,17). The molecule has 2 rings (SSSR count). The summed E-state index contributed by atoms with van der Waals surface area (Å²) in [7, 11) is 0. The van der Waals surface area contributed by atoms with Gasteiger partial charge in [0, 0.05) is 19.0 Å². The Morgan fingerprint density at radius 1 is 1.61 bits per heavy atom. The van der Waals surface area contributed by atoms with Crippen molar-refractivity contribution in [2.24, 2.45) is 5.92 Å². The Hall–Kier alpha value is -2.11. The normalized spacial score (nSPS) is 18.3. The van der Waals surface area contributed by atoms with Crippen LogP contribution in [-0.2, 0) is 9.59 Å². The third-order valence-electron chi connectivity index (χ3n) is 2.64. The Morgan fingerprint density at radius 2 is 2.44 bits per heavy atom. The molecule has 0 aliphatic carbocycles. The number of carbonyl (C=O) groups is 2. The Balaban J connectivity index is 1.92. The minimum atomic E-state index is -0.302. The van der Waals surface area contributed by atoms with Crippen molar-refractivity contribution in [2.75, 3.05) is 18.5 Å². The van der Waals surface area contributed by atoms with Crippen molar-refractivity contribution >= 4 is 17.5 Å². The van der Waals surface area contributed by atoms with E-state index in [-0.39, 0.29) is 24.2 Å². The van der Waals surface area contributed by atoms with Crippen LogP contribution in [0.2, 0.25) is 0 Å². The molecule has 1 aliphatic heterocycles. The topological polar surface area (TPSA) is 80.3 Å². The molecule has 0 bridgehead atoms. The molecule has 6 nitrogen and oxygen atoms in total. The first-order chi connectivity index (χ1) is 8.69. The first kappa shape index (κ1) is 12.3. The van der Waals surface area contributed by atoms with E-state index in [4.69, 9.17) is 4.74 Å². The van der Waals surface area contributed by atoms with Crippen LogP contribution >= 0.6 is 0 Å². The molecule has 18 heavy (non-hydrogen) atoms. The third kappa shape index (κ3) is 2.97. The monoisotopic (exact) mass is 249 g/mol. The van der Waals surface area contributed by atoms with Gasteiger partial charge in [0.25, 0.3) is 0 Å². The van der Waals surface area contributed by atoms with Crippen LogP contribution < -0.4 is 15.4 Å². The molecule has 6 heteroatoms. The van der Waals surface area contributed by atoms with Gasteiger partial charge >= 0.3 is 0 Å². The van der Waals surface area contributed by atoms with Crippen LogP contribution in [-0.4, -0.2) is 29.9 Å². The van der Waals surface area contributed by atoms with Crippen LogP contribution in [0.15, 0.2) is 18.3 Å². The van der Waals surface area contributed by atoms with E-state index in [0.29, 0.717) is 24.7 Å². The number of rotatable bonds is 4. The largest absolute Gasteiger partial charge is 0.478 e. The van der Waals surface area contributed by atoms with Crippen LogP contribution in [0, 0.1) is 5.92 Å². The first-order valence-electron chi connectivity index (χ1n) is 5.85. The Bertz CT molecular complexity index is 444. The zero-order valence-electron chi connectivity index (χ0n) is 10.1. The van der Waals surface area contributed by atoms with E-state index in [1.54, 1.807) is 12.1 Å². The van der Waals surface area contributed by atoms with Gasteiger partial charge in [-0.2, -0.15) is 0 Å². The molecule has 1 atom stereocenters. The summed E-state index contributed by atoms with van der Waals surface area (Å²) >= 11 is 0. The molecule has 2 N–H and O–H groups in total. The number of anilines is 1. The Labute approximate surface area is 105 Å². The van der Waals surface area contributed by atoms with Gasteiger partial charge in [-0.15, -0.1) is 0 Å². The van der Waals surface area contributed by atoms with Gasteiger partial charge in [-0.3, -0.25) is 9.59 Å². The summed E-state index contributed by atoms with van der Waals surface area (Å²) in [6.45, 7) is 2.82. The minimum Gasteiger partial charge on any atom is -0.478 e. The van der Waals surface area contributed by atoms with Crippen molar-refractivity contribution in [1.29, 1.82) is 0 Å². The van der Waals surface area contributed by atoms with Gasteiger partial charge in [0.1, 0.15) is 0 Å². The van der Waals surface area contributed by atoms with E-state index in [1.165, 1.54) is 6.20 Å². The van der Waals surface area contributed by atoms with Crippen LogP contribution in [0.3, 0.4) is 0 Å². The van der Waals surface area contributed by atoms with Crippen molar-refractivity contribution in [2.45, 2.75) is 13.3 Å². The zero-order chi connectivity index (χ0) is 13.0. The molecule has 1 saturated heterocycles. The maximum Gasteiger partial charge on any atom is 0.229 e. The van der Waals surface area contributed by atoms with Crippen molar-refractivity contribution in [3.05, 3.63) is 18.3 Å². The predicted octanol–water partition coefficient (Wildman–Crippen LogP) is 0.555. The lowest BCUT2D eigenvalue weighted by molar-refractivity contribution is -0.123. The molecule has 1 aliphatic rings. The number of hydrogen-bond donors (Lipinski definition) is 2. The summed E-state index contributed by atoms with van der Waals surface area (Å²) in [6, 6.07) is 3.41. The van der Waals surface area contributed by atoms with Gasteiger partial charge in [0.15, 0.2) is 0 Å². The average Bonchev–Trinajstić information content (AvgIpc) is 2.79. The Morgan fingerprint density at radius 3 is 3.00 bits per heavy atom. The molecule has 0 radical (unpaired) electrons. The number of pyridine rings is 1. The summed E-state index contributed by atoms with van der Waals surface area (Å²) in [6.07, 6.45) is 1.78. The van der Waals surface area contributed by atoms with Gasteiger partial charge in [0.2, 0.25) is 17.7 Å². The van der Waals surface area contributed by atoms with Gasteiger partial charge in [-0.25, -0.2) is 4.98 Å². The quantitative estimate of drug-likeness (QED) is 0.816. The van der Waals surface area contributed by atoms with Crippen molar-refractivity contribution in [1.82, 2.24) is 10.3 Å². The van der Waals surface area contributed by atoms with E-state index in [2.05, 4.69) is 15.6 Å². The Kier molecular flexibility index (Phi) is 3.76. The lowest BCUT2D eigenvalue weighted by Gasteiger charge is -2.09. The predicted molar refractivity (Wildman–Crippen MR) is 65.2 cm³/mol. The molecule has 1 fully saturated rings. The maximum atomic E-state index is 11.8. The number of hydrogen-bond acceptors (Lipinski definition) is 4. The number of nitrogens with zero attached hydrogens (tertiary/aromatic N) is 1. The van der Waals surface area contributed by atoms with Crippen molar-refractivity contribution in [3.8, 4) is 5.88 Å². The molecule has 0 aromatic carbocycles. The highest BCUT2D eigenvalue weighted by molar-refractivity contribution is 5.97. The van der Waals surface area contributed by atoms with Gasteiger partial charge in [-0.05, 0) is 13.0 Å². The van der Waals surface area contributed by atoms with Crippen LogP contribution in [0.4, 0.5) is 5.69 Å². The number of nitrogens with one attached hydrogen (secondary N) is 2. The number of aromatic nitrogens is 1. The molecule has 2 amide bonds. The fourth-order valence-electron chi connectivity index (χ4n) is 1.72. The van der Waals surface area contributed by atoms with Crippen molar-refractivity contribution < 1.29 is 14.3 Å². The molecular formula is C12H15N3O3. The minimum absolute atomic E-state index is 0.0834. The summed E-state index contributed by atoms with van der Waals surface area (Å²) < 4.78 is 5.20. The lowest BCUT2D eigenvalue weighted by Crippen LogP contribution is -2.24. The van der Waals surface area contributed by atoms with Crippen LogP contribution in [0.1, 0.15) is 13.3 Å². The third-order valence-corrected chi connectivity index (χ3v) is 2.64. The highest BCUT2D eigenvalue weighted by Gasteiger charge is 2.27. The lowest BCUT2D eigenvalue weighted by atomic mass is 10.1. The summed E-state index contributed by atoms with van der Waals surface area (Å²) in [5.74, 6) is -0.0310. The average molecular weight is 249 g/mol. The van der Waals surface area contributed by atoms with E-state index >= 15 is 0 Å². The van der Waals surface area contributed by atoms with Crippen molar-refractivity contribution in [3.63, 3.8) is 0 Å². The fraction of sp³-hybridized carbons (Fsp3) is 0.417. The molecular weight excluding hydrogens is 234 g/mol. The van der Waals surface area contributed by atoms with Gasteiger partial charge in [0.05, 0.1) is 24.4 Å². The van der Waals surface area contributed by atoms with E-state index in [9.17, 15) is 9.59 Å². The molecule has 0 saturated carbocycles. The SMILES string of the molecule is CCOc1ccc(NC(=O)C2CNC(=O)C2)cn1. The van der Waals surface area contributed by atoms with Crippen LogP contribution in [0.25, 0.3) is 0 Å². The molecule has 2 heterocycles. The highest BCUT2D eigenvalue weighted by atomic mass is 16.5. The summed E-state index contributed by atoms with van der Waals surface area (Å²) in [5.41, 5.74) is 0.600. The molecule has 0 spiro atoms. The maximum absolute atomic E-state index is 11.8. The molecule has 96 valence electrons. The number of ether oxygens (including phenoxy) is 1.